The van der Waals surface area contributed by atoms with Crippen molar-refractivity contribution in [2.45, 2.75) is 24.0 Å². The van der Waals surface area contributed by atoms with Gasteiger partial charge in [-0.3, -0.25) is 0 Å². The summed E-state index contributed by atoms with van der Waals surface area (Å²) < 4.78 is 13.1. The Morgan fingerprint density at radius 2 is 2.29 bits per heavy atom. The molecule has 2 unspecified atom stereocenters. The number of nitrogens with two attached hydrogens (primary N) is 1. The first-order chi connectivity index (χ1) is 6.59. The van der Waals surface area contributed by atoms with Gasteiger partial charge in [-0.2, -0.15) is 11.8 Å². The van der Waals surface area contributed by atoms with Crippen LogP contribution in [0.25, 0.3) is 0 Å². The van der Waals surface area contributed by atoms with Crippen molar-refractivity contribution in [3.63, 3.8) is 0 Å². The molecule has 0 radical (unpaired) electrons. The highest BCUT2D eigenvalue weighted by Crippen LogP contribution is 2.39. The molecule has 14 heavy (non-hydrogen) atoms. The molecule has 2 atom stereocenters. The normalized spacial score (nSPS) is 26.0. The summed E-state index contributed by atoms with van der Waals surface area (Å²) in [5.74, 6) is 0.520. The van der Waals surface area contributed by atoms with Crippen LogP contribution in [0, 0.1) is 5.82 Å². The Labute approximate surface area is 91.8 Å². The quantitative estimate of drug-likeness (QED) is 0.743. The minimum absolute atomic E-state index is 0.114. The van der Waals surface area contributed by atoms with Crippen molar-refractivity contribution in [1.82, 2.24) is 0 Å². The zero-order valence-electron chi connectivity index (χ0n) is 7.76. The van der Waals surface area contributed by atoms with Crippen LogP contribution in [0.4, 0.5) is 4.39 Å². The number of fused-ring (bicyclic) bond motifs is 1. The summed E-state index contributed by atoms with van der Waals surface area (Å²) in [5.41, 5.74) is 7.83. The van der Waals surface area contributed by atoms with E-state index in [9.17, 15) is 4.39 Å². The van der Waals surface area contributed by atoms with E-state index in [1.165, 1.54) is 12.1 Å². The number of benzene rings is 1. The van der Waals surface area contributed by atoms with Gasteiger partial charge in [0.2, 0.25) is 0 Å². The topological polar surface area (TPSA) is 26.0 Å². The van der Waals surface area contributed by atoms with Crippen molar-refractivity contribution in [1.29, 1.82) is 0 Å². The van der Waals surface area contributed by atoms with Gasteiger partial charge in [0.05, 0.1) is 0 Å². The van der Waals surface area contributed by atoms with Gasteiger partial charge < -0.3 is 5.73 Å². The fourth-order valence-electron chi connectivity index (χ4n) is 1.64. The summed E-state index contributed by atoms with van der Waals surface area (Å²) in [5, 5.41) is 0.815. The predicted octanol–water partition coefficient (Wildman–Crippen LogP) is 3.11. The third kappa shape index (κ3) is 1.64. The first-order valence-electron chi connectivity index (χ1n) is 4.44. The molecule has 0 aliphatic carbocycles. The second kappa shape index (κ2) is 3.72. The average Bonchev–Trinajstić information content (AvgIpc) is 2.12. The molecular formula is C10H11ClFNS. The Morgan fingerprint density at radius 1 is 1.57 bits per heavy atom. The molecule has 1 aromatic rings. The molecule has 0 amide bonds. The molecule has 76 valence electrons. The van der Waals surface area contributed by atoms with Crippen LogP contribution in [0.5, 0.6) is 0 Å². The second-order valence-corrected chi connectivity index (χ2v) is 5.27. The fourth-order valence-corrected chi connectivity index (χ4v) is 3.11. The van der Waals surface area contributed by atoms with Gasteiger partial charge in [0, 0.05) is 22.1 Å². The van der Waals surface area contributed by atoms with Crippen LogP contribution in [0.1, 0.15) is 24.1 Å². The maximum absolute atomic E-state index is 13.1. The SMILES string of the molecule is CC1SCc2c(Cl)cc(F)cc2C1N. The molecule has 0 bridgehead atoms. The Kier molecular flexibility index (Phi) is 2.73. The molecule has 0 fully saturated rings. The first-order valence-corrected chi connectivity index (χ1v) is 5.87. The van der Waals surface area contributed by atoms with E-state index < -0.39 is 0 Å². The molecule has 1 nitrogen and oxygen atoms in total. The maximum Gasteiger partial charge on any atom is 0.125 e. The molecule has 4 heteroatoms. The van der Waals surface area contributed by atoms with Gasteiger partial charge in [0.1, 0.15) is 5.82 Å². The lowest BCUT2D eigenvalue weighted by Gasteiger charge is -2.28. The predicted molar refractivity (Wildman–Crippen MR) is 59.1 cm³/mol. The molecule has 2 N–H and O–H groups in total. The number of thioether (sulfide) groups is 1. The average molecular weight is 232 g/mol. The number of rotatable bonds is 0. The number of hydrogen-bond acceptors (Lipinski definition) is 2. The molecule has 2 rings (SSSR count). The van der Waals surface area contributed by atoms with Crippen molar-refractivity contribution in [3.8, 4) is 0 Å². The zero-order valence-corrected chi connectivity index (χ0v) is 9.33. The van der Waals surface area contributed by atoms with Gasteiger partial charge in [0.25, 0.3) is 0 Å². The molecule has 0 spiro atoms. The Hall–Kier alpha value is -0.250. The summed E-state index contributed by atoms with van der Waals surface area (Å²) in [6.45, 7) is 2.05. The molecule has 1 aliphatic rings. The molecular weight excluding hydrogens is 221 g/mol. The van der Waals surface area contributed by atoms with Crippen molar-refractivity contribution in [2.75, 3.05) is 0 Å². The van der Waals surface area contributed by atoms with Crippen LogP contribution >= 0.6 is 23.4 Å². The van der Waals surface area contributed by atoms with E-state index in [0.717, 1.165) is 16.9 Å². The largest absolute Gasteiger partial charge is 0.323 e. The van der Waals surface area contributed by atoms with Crippen LogP contribution < -0.4 is 5.73 Å². The van der Waals surface area contributed by atoms with Crippen LogP contribution in [0.15, 0.2) is 12.1 Å². The van der Waals surface area contributed by atoms with Crippen molar-refractivity contribution in [3.05, 3.63) is 34.1 Å². The minimum atomic E-state index is -0.302. The lowest BCUT2D eigenvalue weighted by atomic mass is 9.99. The lowest BCUT2D eigenvalue weighted by Crippen LogP contribution is -2.26. The van der Waals surface area contributed by atoms with Gasteiger partial charge in [-0.05, 0) is 23.3 Å². The molecule has 1 aromatic carbocycles. The third-order valence-corrected chi connectivity index (χ3v) is 4.16. The summed E-state index contributed by atoms with van der Waals surface area (Å²) in [7, 11) is 0. The Bertz CT molecular complexity index is 369. The summed E-state index contributed by atoms with van der Waals surface area (Å²) in [4.78, 5) is 0. The lowest BCUT2D eigenvalue weighted by molar-refractivity contribution is 0.615. The Morgan fingerprint density at radius 3 is 3.00 bits per heavy atom. The zero-order chi connectivity index (χ0) is 10.3. The Balaban J connectivity index is 2.54. The number of hydrogen-bond donors (Lipinski definition) is 1. The summed E-state index contributed by atoms with van der Waals surface area (Å²) in [6, 6.07) is 2.74. The molecule has 0 saturated carbocycles. The van der Waals surface area contributed by atoms with Gasteiger partial charge >= 0.3 is 0 Å². The van der Waals surface area contributed by atoms with Gasteiger partial charge in [0.15, 0.2) is 0 Å². The first kappa shape index (κ1) is 10.3. The van der Waals surface area contributed by atoms with Crippen molar-refractivity contribution >= 4 is 23.4 Å². The second-order valence-electron chi connectivity index (χ2n) is 3.50. The van der Waals surface area contributed by atoms with Gasteiger partial charge in [-0.1, -0.05) is 18.5 Å². The van der Waals surface area contributed by atoms with E-state index in [1.807, 2.05) is 0 Å². The fraction of sp³-hybridized carbons (Fsp3) is 0.400. The highest BCUT2D eigenvalue weighted by molar-refractivity contribution is 7.99. The van der Waals surface area contributed by atoms with E-state index >= 15 is 0 Å². The summed E-state index contributed by atoms with van der Waals surface area (Å²) >= 11 is 7.71. The highest BCUT2D eigenvalue weighted by atomic mass is 35.5. The molecule has 1 aliphatic heterocycles. The molecule has 0 saturated heterocycles. The van der Waals surface area contributed by atoms with Crippen LogP contribution in [0.2, 0.25) is 5.02 Å². The smallest absolute Gasteiger partial charge is 0.125 e. The maximum atomic E-state index is 13.1. The van der Waals surface area contributed by atoms with Crippen molar-refractivity contribution < 1.29 is 4.39 Å². The van der Waals surface area contributed by atoms with E-state index in [1.54, 1.807) is 11.8 Å². The van der Waals surface area contributed by atoms with E-state index in [2.05, 4.69) is 6.92 Å². The van der Waals surface area contributed by atoms with Crippen LogP contribution in [-0.4, -0.2) is 5.25 Å². The van der Waals surface area contributed by atoms with E-state index in [0.29, 0.717) is 10.3 Å². The molecule has 0 aromatic heterocycles. The molecule has 1 heterocycles. The highest BCUT2D eigenvalue weighted by Gasteiger charge is 2.26. The standard InChI is InChI=1S/C10H11ClFNS/c1-5-10(13)7-2-6(12)3-9(11)8(7)4-14-5/h2-3,5,10H,4,13H2,1H3. The van der Waals surface area contributed by atoms with Crippen LogP contribution in [-0.2, 0) is 5.75 Å². The van der Waals surface area contributed by atoms with E-state index in [-0.39, 0.29) is 11.9 Å². The number of halogens is 2. The van der Waals surface area contributed by atoms with Gasteiger partial charge in [-0.15, -0.1) is 0 Å². The van der Waals surface area contributed by atoms with E-state index in [4.69, 9.17) is 17.3 Å². The minimum Gasteiger partial charge on any atom is -0.323 e. The van der Waals surface area contributed by atoms with Crippen molar-refractivity contribution in [2.24, 2.45) is 5.73 Å². The third-order valence-electron chi connectivity index (χ3n) is 2.55. The van der Waals surface area contributed by atoms with Gasteiger partial charge in [-0.25, -0.2) is 4.39 Å². The summed E-state index contributed by atoms with van der Waals surface area (Å²) in [6.07, 6.45) is 0. The monoisotopic (exact) mass is 231 g/mol. The van der Waals surface area contributed by atoms with Crippen LogP contribution in [0.3, 0.4) is 0 Å².